The number of hydrogen-bond acceptors (Lipinski definition) is 3. The summed E-state index contributed by atoms with van der Waals surface area (Å²) in [7, 11) is 0. The minimum absolute atomic E-state index is 0.0567. The number of carbonyl (C=O) groups is 2. The molecule has 2 atom stereocenters. The molecule has 5 heteroatoms. The van der Waals surface area contributed by atoms with Crippen LogP contribution in [0.5, 0.6) is 0 Å². The standard InChI is InChI=1S/C18H23N3O2/c1-5-6-10(2)16(12(4)22)21-9-14-11(3)7-19-17-15(14)13(8-20-17)18(21)23/h7-8,10,16H,5-6,9H2,1-4H3,(H,19,20). The third-order valence-electron chi connectivity index (χ3n) is 4.88. The Balaban J connectivity index is 2.08. The average molecular weight is 313 g/mol. The van der Waals surface area contributed by atoms with Gasteiger partial charge in [-0.1, -0.05) is 20.3 Å². The van der Waals surface area contributed by atoms with E-state index in [1.165, 1.54) is 0 Å². The molecule has 0 saturated carbocycles. The van der Waals surface area contributed by atoms with Gasteiger partial charge in [0.15, 0.2) is 5.78 Å². The zero-order valence-electron chi connectivity index (χ0n) is 14.1. The molecule has 1 amide bonds. The van der Waals surface area contributed by atoms with Crippen LogP contribution in [0.15, 0.2) is 12.4 Å². The Morgan fingerprint density at radius 3 is 2.87 bits per heavy atom. The molecule has 0 spiro atoms. The van der Waals surface area contributed by atoms with Crippen LogP contribution in [0.25, 0.3) is 11.0 Å². The van der Waals surface area contributed by atoms with E-state index in [0.717, 1.165) is 35.0 Å². The average Bonchev–Trinajstić information content (AvgIpc) is 2.92. The van der Waals surface area contributed by atoms with Crippen molar-refractivity contribution in [1.82, 2.24) is 14.9 Å². The number of hydrogen-bond donors (Lipinski definition) is 1. The number of aromatic nitrogens is 2. The lowest BCUT2D eigenvalue weighted by Crippen LogP contribution is -2.48. The first-order valence-corrected chi connectivity index (χ1v) is 8.22. The van der Waals surface area contributed by atoms with Gasteiger partial charge in [0.25, 0.3) is 5.91 Å². The van der Waals surface area contributed by atoms with Crippen LogP contribution in [-0.2, 0) is 11.3 Å². The number of nitrogens with one attached hydrogen (secondary N) is 1. The highest BCUT2D eigenvalue weighted by atomic mass is 16.2. The van der Waals surface area contributed by atoms with Gasteiger partial charge in [-0.15, -0.1) is 0 Å². The molecule has 0 saturated heterocycles. The van der Waals surface area contributed by atoms with E-state index in [1.54, 1.807) is 18.0 Å². The number of pyridine rings is 1. The quantitative estimate of drug-likeness (QED) is 0.921. The minimum atomic E-state index is -0.367. The lowest BCUT2D eigenvalue weighted by molar-refractivity contribution is -0.123. The van der Waals surface area contributed by atoms with Crippen LogP contribution in [0.3, 0.4) is 0 Å². The highest BCUT2D eigenvalue weighted by Gasteiger charge is 2.37. The van der Waals surface area contributed by atoms with Gasteiger partial charge in [0.05, 0.1) is 11.6 Å². The third kappa shape index (κ3) is 2.44. The predicted molar refractivity (Wildman–Crippen MR) is 89.2 cm³/mol. The van der Waals surface area contributed by atoms with Crippen LogP contribution in [0.2, 0.25) is 0 Å². The van der Waals surface area contributed by atoms with Gasteiger partial charge < -0.3 is 9.88 Å². The van der Waals surface area contributed by atoms with E-state index in [1.807, 2.05) is 13.1 Å². The van der Waals surface area contributed by atoms with E-state index in [2.05, 4.69) is 23.8 Å². The number of nitrogens with zero attached hydrogens (tertiary/aromatic N) is 2. The molecule has 5 nitrogen and oxygen atoms in total. The van der Waals surface area contributed by atoms with Crippen LogP contribution < -0.4 is 0 Å². The molecule has 1 aliphatic rings. The first kappa shape index (κ1) is 15.7. The summed E-state index contributed by atoms with van der Waals surface area (Å²) in [4.78, 5) is 34.4. The number of aromatic amines is 1. The van der Waals surface area contributed by atoms with Gasteiger partial charge in [0.2, 0.25) is 0 Å². The molecule has 0 radical (unpaired) electrons. The number of ketones is 1. The summed E-state index contributed by atoms with van der Waals surface area (Å²) >= 11 is 0. The smallest absolute Gasteiger partial charge is 0.257 e. The van der Waals surface area contributed by atoms with Crippen molar-refractivity contribution in [2.24, 2.45) is 5.92 Å². The molecule has 0 aliphatic carbocycles. The first-order chi connectivity index (χ1) is 11.0. The molecule has 0 aromatic carbocycles. The van der Waals surface area contributed by atoms with Crippen molar-refractivity contribution in [3.63, 3.8) is 0 Å². The van der Waals surface area contributed by atoms with Crippen molar-refractivity contribution in [1.29, 1.82) is 0 Å². The fourth-order valence-electron chi connectivity index (χ4n) is 3.79. The van der Waals surface area contributed by atoms with Crippen LogP contribution in [0.4, 0.5) is 0 Å². The highest BCUT2D eigenvalue weighted by molar-refractivity contribution is 6.10. The van der Waals surface area contributed by atoms with Gasteiger partial charge in [-0.2, -0.15) is 0 Å². The highest BCUT2D eigenvalue weighted by Crippen LogP contribution is 2.33. The number of amides is 1. The molecular formula is C18H23N3O2. The Morgan fingerprint density at radius 2 is 2.22 bits per heavy atom. The molecular weight excluding hydrogens is 290 g/mol. The van der Waals surface area contributed by atoms with E-state index in [-0.39, 0.29) is 23.7 Å². The Kier molecular flexibility index (Phi) is 3.96. The molecule has 3 heterocycles. The van der Waals surface area contributed by atoms with E-state index in [4.69, 9.17) is 0 Å². The first-order valence-electron chi connectivity index (χ1n) is 8.22. The number of H-pyrrole nitrogens is 1. The summed E-state index contributed by atoms with van der Waals surface area (Å²) in [5.74, 6) is 0.139. The zero-order valence-corrected chi connectivity index (χ0v) is 14.1. The van der Waals surface area contributed by atoms with Gasteiger partial charge in [-0.05, 0) is 37.3 Å². The second-order valence-corrected chi connectivity index (χ2v) is 6.60. The normalized spacial score (nSPS) is 16.7. The largest absolute Gasteiger partial charge is 0.345 e. The van der Waals surface area contributed by atoms with Gasteiger partial charge >= 0.3 is 0 Å². The van der Waals surface area contributed by atoms with Crippen molar-refractivity contribution >= 4 is 22.7 Å². The predicted octanol–water partition coefficient (Wildman–Crippen LogP) is 3.22. The molecule has 1 N–H and O–H groups in total. The fourth-order valence-corrected chi connectivity index (χ4v) is 3.79. The molecule has 122 valence electrons. The lowest BCUT2D eigenvalue weighted by atomic mass is 9.89. The molecule has 23 heavy (non-hydrogen) atoms. The van der Waals surface area contributed by atoms with Gasteiger partial charge in [0.1, 0.15) is 5.65 Å². The summed E-state index contributed by atoms with van der Waals surface area (Å²) in [5.41, 5.74) is 3.53. The summed E-state index contributed by atoms with van der Waals surface area (Å²) < 4.78 is 0. The van der Waals surface area contributed by atoms with Crippen molar-refractivity contribution in [3.05, 3.63) is 29.1 Å². The van der Waals surface area contributed by atoms with E-state index in [9.17, 15) is 9.59 Å². The zero-order chi connectivity index (χ0) is 16.7. The Hall–Kier alpha value is -2.17. The maximum Gasteiger partial charge on any atom is 0.257 e. The van der Waals surface area contributed by atoms with Crippen LogP contribution in [0.1, 0.15) is 55.1 Å². The Bertz CT molecular complexity index is 778. The molecule has 2 unspecified atom stereocenters. The van der Waals surface area contributed by atoms with Crippen LogP contribution in [0, 0.1) is 12.8 Å². The van der Waals surface area contributed by atoms with Crippen molar-refractivity contribution in [3.8, 4) is 0 Å². The minimum Gasteiger partial charge on any atom is -0.345 e. The number of rotatable bonds is 5. The maximum absolute atomic E-state index is 13.0. The second kappa shape index (κ2) is 5.80. The van der Waals surface area contributed by atoms with E-state index in [0.29, 0.717) is 12.1 Å². The van der Waals surface area contributed by atoms with Gasteiger partial charge in [0, 0.05) is 24.3 Å². The monoisotopic (exact) mass is 313 g/mol. The summed E-state index contributed by atoms with van der Waals surface area (Å²) in [6, 6.07) is -0.367. The molecule has 0 bridgehead atoms. The van der Waals surface area contributed by atoms with Gasteiger partial charge in [-0.25, -0.2) is 4.98 Å². The summed E-state index contributed by atoms with van der Waals surface area (Å²) in [6.07, 6.45) is 5.47. The molecule has 3 rings (SSSR count). The van der Waals surface area contributed by atoms with Crippen molar-refractivity contribution in [2.45, 2.75) is 53.1 Å². The van der Waals surface area contributed by atoms with Crippen molar-refractivity contribution < 1.29 is 9.59 Å². The molecule has 1 aliphatic heterocycles. The second-order valence-electron chi connectivity index (χ2n) is 6.60. The van der Waals surface area contributed by atoms with Gasteiger partial charge in [-0.3, -0.25) is 9.59 Å². The van der Waals surface area contributed by atoms with Crippen LogP contribution in [-0.4, -0.2) is 32.6 Å². The SMILES string of the molecule is CCCC(C)C(C(C)=O)N1Cc2c(C)cnc3[nH]cc(c23)C1=O. The van der Waals surface area contributed by atoms with E-state index < -0.39 is 0 Å². The molecule has 2 aromatic heterocycles. The Morgan fingerprint density at radius 1 is 1.48 bits per heavy atom. The number of aryl methyl sites for hydroxylation is 1. The maximum atomic E-state index is 13.0. The van der Waals surface area contributed by atoms with E-state index >= 15 is 0 Å². The fraction of sp³-hybridized carbons (Fsp3) is 0.500. The topological polar surface area (TPSA) is 66.1 Å². The molecule has 2 aromatic rings. The summed E-state index contributed by atoms with van der Waals surface area (Å²) in [6.45, 7) is 8.24. The Labute approximate surface area is 136 Å². The molecule has 0 fully saturated rings. The third-order valence-corrected chi connectivity index (χ3v) is 4.88. The summed E-state index contributed by atoms with van der Waals surface area (Å²) in [5, 5.41) is 0.914. The van der Waals surface area contributed by atoms with Crippen molar-refractivity contribution in [2.75, 3.05) is 0 Å². The number of carbonyl (C=O) groups excluding carboxylic acids is 2. The number of Topliss-reactive ketones (excluding diaryl/α,β-unsaturated/α-hetero) is 1. The lowest BCUT2D eigenvalue weighted by Gasteiger charge is -2.36. The van der Waals surface area contributed by atoms with Crippen LogP contribution >= 0.6 is 0 Å².